The zero-order valence-electron chi connectivity index (χ0n) is 22.0. The molecule has 4 saturated carbocycles. The first-order valence-corrected chi connectivity index (χ1v) is 14.1. The minimum absolute atomic E-state index is 0.116. The third-order valence-corrected chi connectivity index (χ3v) is 11.4. The van der Waals surface area contributed by atoms with Gasteiger partial charge >= 0.3 is 5.97 Å². The van der Waals surface area contributed by atoms with Crippen LogP contribution in [-0.4, -0.2) is 41.3 Å². The van der Waals surface area contributed by atoms with Gasteiger partial charge in [0.25, 0.3) is 0 Å². The standard InChI is InChI=1S/C29H46O5/c1-17(2)7-6-8-18(3)21-9-10-22-24-23(12-13-27(21,22)5)28-14-11-20(34-19(4)30)15-29(28,32)26(31)25(24)33-16-28/h17-18,20-25,32H,6-16H2,1-5H3/t18?,20-,21+,22-,23-,24-,25+,27+,28-,29-/m0/s1. The van der Waals surface area contributed by atoms with Crippen molar-refractivity contribution >= 4 is 11.8 Å². The van der Waals surface area contributed by atoms with Gasteiger partial charge in [-0.1, -0.05) is 47.0 Å². The van der Waals surface area contributed by atoms with Crippen molar-refractivity contribution in [3.63, 3.8) is 0 Å². The summed E-state index contributed by atoms with van der Waals surface area (Å²) in [6, 6.07) is 0. The van der Waals surface area contributed by atoms with Crippen molar-refractivity contribution in [1.82, 2.24) is 0 Å². The summed E-state index contributed by atoms with van der Waals surface area (Å²) < 4.78 is 11.8. The Balaban J connectivity index is 1.38. The van der Waals surface area contributed by atoms with Crippen molar-refractivity contribution in [2.24, 2.45) is 46.3 Å². The van der Waals surface area contributed by atoms with E-state index in [-0.39, 0.29) is 35.6 Å². The molecule has 5 heteroatoms. The van der Waals surface area contributed by atoms with Crippen molar-refractivity contribution < 1.29 is 24.2 Å². The molecular formula is C29H46O5. The third-order valence-electron chi connectivity index (χ3n) is 11.4. The summed E-state index contributed by atoms with van der Waals surface area (Å²) in [7, 11) is 0. The van der Waals surface area contributed by atoms with E-state index in [0.29, 0.717) is 31.3 Å². The van der Waals surface area contributed by atoms with Gasteiger partial charge in [0.1, 0.15) is 17.8 Å². The maximum Gasteiger partial charge on any atom is 0.302 e. The van der Waals surface area contributed by atoms with Gasteiger partial charge in [-0.05, 0) is 79.4 Å². The smallest absolute Gasteiger partial charge is 0.302 e. The van der Waals surface area contributed by atoms with Gasteiger partial charge in [-0.15, -0.1) is 0 Å². The highest BCUT2D eigenvalue weighted by Gasteiger charge is 2.75. The molecule has 2 saturated heterocycles. The Labute approximate surface area is 205 Å². The number of Topliss-reactive ketones (excluding diaryl/α,β-unsaturated/α-hetero) is 1. The summed E-state index contributed by atoms with van der Waals surface area (Å²) in [6.45, 7) is 11.5. The van der Waals surface area contributed by atoms with Crippen LogP contribution in [0, 0.1) is 46.3 Å². The topological polar surface area (TPSA) is 72.8 Å². The fourth-order valence-electron chi connectivity index (χ4n) is 9.85. The van der Waals surface area contributed by atoms with Crippen LogP contribution in [0.3, 0.4) is 0 Å². The number of ketones is 1. The lowest BCUT2D eigenvalue weighted by Gasteiger charge is -2.68. The molecule has 0 aromatic heterocycles. The third kappa shape index (κ3) is 3.46. The summed E-state index contributed by atoms with van der Waals surface area (Å²) >= 11 is 0. The maximum atomic E-state index is 13.8. The van der Waals surface area contributed by atoms with Gasteiger partial charge < -0.3 is 14.6 Å². The molecule has 34 heavy (non-hydrogen) atoms. The van der Waals surface area contributed by atoms with Gasteiger partial charge in [0.05, 0.1) is 6.61 Å². The molecule has 10 atom stereocenters. The Bertz CT molecular complexity index is 823. The fraction of sp³-hybridized carbons (Fsp3) is 0.931. The first-order chi connectivity index (χ1) is 16.0. The van der Waals surface area contributed by atoms with Gasteiger partial charge in [0.2, 0.25) is 0 Å². The highest BCUT2D eigenvalue weighted by atomic mass is 16.5. The van der Waals surface area contributed by atoms with Crippen LogP contribution in [0.5, 0.6) is 0 Å². The first-order valence-electron chi connectivity index (χ1n) is 14.1. The zero-order chi connectivity index (χ0) is 24.5. The first kappa shape index (κ1) is 24.7. The largest absolute Gasteiger partial charge is 0.462 e. The summed E-state index contributed by atoms with van der Waals surface area (Å²) in [4.78, 5) is 25.4. The molecule has 4 aliphatic carbocycles. The molecule has 6 rings (SSSR count). The second kappa shape index (κ2) is 8.57. The minimum Gasteiger partial charge on any atom is -0.462 e. The van der Waals surface area contributed by atoms with E-state index in [2.05, 4.69) is 27.7 Å². The van der Waals surface area contributed by atoms with E-state index >= 15 is 0 Å². The summed E-state index contributed by atoms with van der Waals surface area (Å²) in [6.07, 6.45) is 9.46. The van der Waals surface area contributed by atoms with Gasteiger partial charge in [-0.25, -0.2) is 0 Å². The molecule has 5 nitrogen and oxygen atoms in total. The summed E-state index contributed by atoms with van der Waals surface area (Å²) in [5.74, 6) is 2.83. The van der Waals surface area contributed by atoms with Gasteiger partial charge in [0.15, 0.2) is 5.78 Å². The number of ether oxygens (including phenoxy) is 2. The number of carbonyl (C=O) groups excluding carboxylic acids is 2. The Morgan fingerprint density at radius 3 is 2.59 bits per heavy atom. The van der Waals surface area contributed by atoms with Crippen LogP contribution in [0.2, 0.25) is 0 Å². The van der Waals surface area contributed by atoms with E-state index in [1.54, 1.807) is 0 Å². The van der Waals surface area contributed by atoms with Crippen molar-refractivity contribution in [3.8, 4) is 0 Å². The highest BCUT2D eigenvalue weighted by molar-refractivity contribution is 5.94. The number of esters is 1. The predicted octanol–water partition coefficient (Wildman–Crippen LogP) is 5.32. The number of hydrogen-bond acceptors (Lipinski definition) is 5. The van der Waals surface area contributed by atoms with Crippen LogP contribution in [0.1, 0.15) is 98.8 Å². The van der Waals surface area contributed by atoms with Gasteiger partial charge in [-0.3, -0.25) is 9.59 Å². The molecule has 0 radical (unpaired) electrons. The molecular weight excluding hydrogens is 428 g/mol. The van der Waals surface area contributed by atoms with E-state index in [0.717, 1.165) is 24.2 Å². The number of carbonyl (C=O) groups is 2. The normalized spacial score (nSPS) is 48.3. The van der Waals surface area contributed by atoms with Crippen molar-refractivity contribution in [3.05, 3.63) is 0 Å². The molecule has 192 valence electrons. The predicted molar refractivity (Wildman–Crippen MR) is 130 cm³/mol. The maximum absolute atomic E-state index is 13.8. The van der Waals surface area contributed by atoms with E-state index in [1.807, 2.05) is 0 Å². The lowest BCUT2D eigenvalue weighted by atomic mass is 9.40. The second-order valence-electron chi connectivity index (χ2n) is 13.4. The molecule has 1 spiro atoms. The van der Waals surface area contributed by atoms with Gasteiger partial charge in [-0.2, -0.15) is 0 Å². The van der Waals surface area contributed by atoms with Crippen molar-refractivity contribution in [2.45, 2.75) is 117 Å². The number of aliphatic hydroxyl groups is 1. The van der Waals surface area contributed by atoms with Crippen LogP contribution in [0.25, 0.3) is 0 Å². The molecule has 2 bridgehead atoms. The van der Waals surface area contributed by atoms with Crippen LogP contribution in [-0.2, 0) is 19.1 Å². The van der Waals surface area contributed by atoms with E-state index in [9.17, 15) is 14.7 Å². The summed E-state index contributed by atoms with van der Waals surface area (Å²) in [5, 5.41) is 11.9. The van der Waals surface area contributed by atoms with Crippen molar-refractivity contribution in [1.29, 1.82) is 0 Å². The molecule has 0 aromatic rings. The average Bonchev–Trinajstić information content (AvgIpc) is 3.12. The molecule has 1 unspecified atom stereocenters. The second-order valence-corrected chi connectivity index (χ2v) is 13.4. The Hall–Kier alpha value is -0.940. The molecule has 2 aliphatic heterocycles. The average molecular weight is 475 g/mol. The Morgan fingerprint density at radius 2 is 1.88 bits per heavy atom. The fourth-order valence-corrected chi connectivity index (χ4v) is 9.85. The molecule has 1 N–H and O–H groups in total. The van der Waals surface area contributed by atoms with Crippen LogP contribution in [0.4, 0.5) is 0 Å². The lowest BCUT2D eigenvalue weighted by molar-refractivity contribution is -0.296. The number of rotatable bonds is 6. The number of fused-ring (bicyclic) bond motifs is 2. The SMILES string of the molecule is CC(=O)O[C@H]1CC[C@@]23CO[C@@H](C(=O)[C@@]2(O)C1)[C@H]1[C@@H]2CC[C@H](C(C)CCCC(C)C)[C@@]2(C)CC[C@@H]13. The molecule has 0 amide bonds. The zero-order valence-corrected chi connectivity index (χ0v) is 22.0. The van der Waals surface area contributed by atoms with Gasteiger partial charge in [0, 0.05) is 18.8 Å². The molecule has 6 fully saturated rings. The number of hydrogen-bond donors (Lipinski definition) is 1. The minimum atomic E-state index is -1.41. The Morgan fingerprint density at radius 1 is 1.12 bits per heavy atom. The quantitative estimate of drug-likeness (QED) is 0.527. The lowest BCUT2D eigenvalue weighted by Crippen LogP contribution is -2.78. The van der Waals surface area contributed by atoms with Crippen LogP contribution < -0.4 is 0 Å². The monoisotopic (exact) mass is 474 g/mol. The van der Waals surface area contributed by atoms with Crippen LogP contribution in [0.15, 0.2) is 0 Å². The molecule has 2 heterocycles. The summed E-state index contributed by atoms with van der Waals surface area (Å²) in [5.41, 5.74) is -1.66. The highest BCUT2D eigenvalue weighted by Crippen LogP contribution is 2.70. The molecule has 0 aromatic carbocycles. The molecule has 6 aliphatic rings. The van der Waals surface area contributed by atoms with E-state index < -0.39 is 17.1 Å². The van der Waals surface area contributed by atoms with E-state index in [4.69, 9.17) is 9.47 Å². The van der Waals surface area contributed by atoms with Crippen molar-refractivity contribution in [2.75, 3.05) is 6.61 Å². The van der Waals surface area contributed by atoms with Crippen LogP contribution >= 0.6 is 0 Å². The Kier molecular flexibility index (Phi) is 6.24. The van der Waals surface area contributed by atoms with E-state index in [1.165, 1.54) is 45.4 Å².